The molecule has 0 aliphatic carbocycles. The van der Waals surface area contributed by atoms with Crippen LogP contribution >= 0.6 is 0 Å². The number of nitriles is 1. The lowest BCUT2D eigenvalue weighted by molar-refractivity contribution is -1.02. The SMILES string of the molecule is COc1ccc(F)cc1C[NH+]1CC[NH+]([C@H](C)C(=O)Nc2cccc(C#N)c2)CC1. The Kier molecular flexibility index (Phi) is 6.81. The number of carbonyl (C=O) groups excluding carboxylic acids is 1. The molecule has 0 aromatic heterocycles. The third-order valence-corrected chi connectivity index (χ3v) is 5.55. The van der Waals surface area contributed by atoms with Gasteiger partial charge in [-0.3, -0.25) is 4.79 Å². The number of piperazine rings is 1. The second-order valence-electron chi connectivity index (χ2n) is 7.44. The van der Waals surface area contributed by atoms with Gasteiger partial charge in [0.25, 0.3) is 5.91 Å². The van der Waals surface area contributed by atoms with Gasteiger partial charge in [-0.25, -0.2) is 4.39 Å². The number of quaternary nitrogens is 2. The first kappa shape index (κ1) is 20.8. The maximum atomic E-state index is 13.6. The Morgan fingerprint density at radius 1 is 1.24 bits per heavy atom. The molecule has 0 unspecified atom stereocenters. The first-order valence-electron chi connectivity index (χ1n) is 9.81. The van der Waals surface area contributed by atoms with Crippen LogP contribution in [0, 0.1) is 17.1 Å². The Hall–Kier alpha value is -2.95. The van der Waals surface area contributed by atoms with E-state index >= 15 is 0 Å². The lowest BCUT2D eigenvalue weighted by Gasteiger charge is -2.32. The van der Waals surface area contributed by atoms with E-state index < -0.39 is 0 Å². The summed E-state index contributed by atoms with van der Waals surface area (Å²) in [5.74, 6) is 0.404. The van der Waals surface area contributed by atoms with Gasteiger partial charge < -0.3 is 19.9 Å². The number of benzene rings is 2. The molecule has 2 aromatic carbocycles. The second-order valence-corrected chi connectivity index (χ2v) is 7.44. The summed E-state index contributed by atoms with van der Waals surface area (Å²) in [6.45, 7) is 6.15. The topological polar surface area (TPSA) is 71.0 Å². The summed E-state index contributed by atoms with van der Waals surface area (Å²) in [6.07, 6.45) is 0. The fourth-order valence-corrected chi connectivity index (χ4v) is 3.79. The van der Waals surface area contributed by atoms with E-state index in [2.05, 4.69) is 11.4 Å². The number of carbonyl (C=O) groups is 1. The molecule has 1 aliphatic heterocycles. The molecule has 1 atom stereocenters. The molecule has 2 aromatic rings. The van der Waals surface area contributed by atoms with Gasteiger partial charge in [-0.1, -0.05) is 6.07 Å². The average Bonchev–Trinajstić information content (AvgIpc) is 2.74. The van der Waals surface area contributed by atoms with Crippen molar-refractivity contribution < 1.29 is 23.7 Å². The third-order valence-electron chi connectivity index (χ3n) is 5.55. The smallest absolute Gasteiger partial charge is 0.282 e. The van der Waals surface area contributed by atoms with Gasteiger partial charge in [0.05, 0.1) is 24.3 Å². The van der Waals surface area contributed by atoms with Crippen molar-refractivity contribution in [1.29, 1.82) is 5.26 Å². The van der Waals surface area contributed by atoms with Gasteiger partial charge in [0.1, 0.15) is 44.3 Å². The average molecular weight is 398 g/mol. The molecule has 0 spiro atoms. The zero-order chi connectivity index (χ0) is 20.8. The lowest BCUT2D eigenvalue weighted by atomic mass is 10.1. The molecule has 1 aliphatic rings. The Bertz CT molecular complexity index is 904. The quantitative estimate of drug-likeness (QED) is 0.642. The molecule has 3 N–H and O–H groups in total. The van der Waals surface area contributed by atoms with Crippen LogP contribution in [0.25, 0.3) is 0 Å². The van der Waals surface area contributed by atoms with Crippen LogP contribution < -0.4 is 19.9 Å². The molecule has 29 heavy (non-hydrogen) atoms. The summed E-state index contributed by atoms with van der Waals surface area (Å²) >= 11 is 0. The van der Waals surface area contributed by atoms with Gasteiger partial charge in [0, 0.05) is 5.69 Å². The van der Waals surface area contributed by atoms with Gasteiger partial charge in [0.2, 0.25) is 0 Å². The Morgan fingerprint density at radius 2 is 2.00 bits per heavy atom. The van der Waals surface area contributed by atoms with Crippen LogP contribution in [-0.2, 0) is 11.3 Å². The normalized spacial score (nSPS) is 19.8. The fraction of sp³-hybridized carbons (Fsp3) is 0.364. The van der Waals surface area contributed by atoms with Crippen molar-refractivity contribution in [2.45, 2.75) is 19.5 Å². The van der Waals surface area contributed by atoms with Gasteiger partial charge in [-0.15, -0.1) is 0 Å². The molecule has 0 radical (unpaired) electrons. The minimum atomic E-state index is -0.254. The van der Waals surface area contributed by atoms with E-state index in [1.807, 2.05) is 6.92 Å². The van der Waals surface area contributed by atoms with Gasteiger partial charge >= 0.3 is 0 Å². The van der Waals surface area contributed by atoms with Gasteiger partial charge in [-0.05, 0) is 43.3 Å². The van der Waals surface area contributed by atoms with Crippen LogP contribution in [0.5, 0.6) is 5.75 Å². The highest BCUT2D eigenvalue weighted by atomic mass is 19.1. The zero-order valence-electron chi connectivity index (χ0n) is 16.8. The van der Waals surface area contributed by atoms with E-state index in [0.29, 0.717) is 23.5 Å². The van der Waals surface area contributed by atoms with Gasteiger partial charge in [0.15, 0.2) is 6.04 Å². The molecule has 0 bridgehead atoms. The highest BCUT2D eigenvalue weighted by Gasteiger charge is 2.31. The van der Waals surface area contributed by atoms with Crippen molar-refractivity contribution in [3.05, 3.63) is 59.4 Å². The second kappa shape index (κ2) is 9.50. The summed E-state index contributed by atoms with van der Waals surface area (Å²) in [5.41, 5.74) is 2.03. The number of hydrogen-bond donors (Lipinski definition) is 3. The molecule has 7 heteroatoms. The first-order valence-corrected chi connectivity index (χ1v) is 9.81. The number of methoxy groups -OCH3 is 1. The number of amides is 1. The van der Waals surface area contributed by atoms with E-state index in [4.69, 9.17) is 10.00 Å². The minimum Gasteiger partial charge on any atom is -0.496 e. The summed E-state index contributed by atoms with van der Waals surface area (Å²) in [7, 11) is 1.60. The maximum Gasteiger partial charge on any atom is 0.282 e. The molecule has 1 amide bonds. The monoisotopic (exact) mass is 398 g/mol. The molecule has 6 nitrogen and oxygen atoms in total. The fourth-order valence-electron chi connectivity index (χ4n) is 3.79. The van der Waals surface area contributed by atoms with Crippen LogP contribution in [0.4, 0.5) is 10.1 Å². The van der Waals surface area contributed by atoms with E-state index in [-0.39, 0.29) is 17.8 Å². The van der Waals surface area contributed by atoms with Crippen LogP contribution in [0.2, 0.25) is 0 Å². The van der Waals surface area contributed by atoms with E-state index in [9.17, 15) is 9.18 Å². The van der Waals surface area contributed by atoms with Gasteiger partial charge in [-0.2, -0.15) is 5.26 Å². The Balaban J connectivity index is 1.54. The number of anilines is 1. The predicted octanol–water partition coefficient (Wildman–Crippen LogP) is 0.0166. The largest absolute Gasteiger partial charge is 0.496 e. The van der Waals surface area contributed by atoms with Crippen molar-refractivity contribution in [3.8, 4) is 11.8 Å². The predicted molar refractivity (Wildman–Crippen MR) is 107 cm³/mol. The molecule has 1 saturated heterocycles. The maximum absolute atomic E-state index is 13.6. The van der Waals surface area contributed by atoms with Crippen molar-refractivity contribution in [2.24, 2.45) is 0 Å². The van der Waals surface area contributed by atoms with Crippen LogP contribution in [-0.4, -0.2) is 45.2 Å². The molecular formula is C22H27FN4O2+2. The Labute approximate surface area is 170 Å². The molecule has 1 fully saturated rings. The van der Waals surface area contributed by atoms with Crippen molar-refractivity contribution >= 4 is 11.6 Å². The number of hydrogen-bond acceptors (Lipinski definition) is 3. The van der Waals surface area contributed by atoms with Crippen LogP contribution in [0.15, 0.2) is 42.5 Å². The number of nitrogens with one attached hydrogen (secondary N) is 3. The van der Waals surface area contributed by atoms with Crippen LogP contribution in [0.1, 0.15) is 18.1 Å². The lowest BCUT2D eigenvalue weighted by Crippen LogP contribution is -3.29. The summed E-state index contributed by atoms with van der Waals surface area (Å²) in [5, 5.41) is 11.9. The third kappa shape index (κ3) is 5.31. The highest BCUT2D eigenvalue weighted by Crippen LogP contribution is 2.18. The Morgan fingerprint density at radius 3 is 2.69 bits per heavy atom. The summed E-state index contributed by atoms with van der Waals surface area (Å²) in [6, 6.07) is 13.4. The van der Waals surface area contributed by atoms with E-state index in [0.717, 1.165) is 31.7 Å². The first-order chi connectivity index (χ1) is 14.0. The summed E-state index contributed by atoms with van der Waals surface area (Å²) < 4.78 is 18.9. The standard InChI is InChI=1S/C22H25FN4O2/c1-16(22(28)25-20-5-3-4-17(12-20)14-24)27-10-8-26(9-11-27)15-18-13-19(23)6-7-21(18)29-2/h3-7,12-13,16H,8-11,15H2,1-2H3,(H,25,28)/p+2/t16-/m1/s1. The number of rotatable bonds is 6. The van der Waals surface area contributed by atoms with E-state index in [1.54, 1.807) is 37.4 Å². The molecule has 152 valence electrons. The number of ether oxygens (including phenoxy) is 1. The molecule has 3 rings (SSSR count). The number of nitrogens with zero attached hydrogens (tertiary/aromatic N) is 1. The van der Waals surface area contributed by atoms with Crippen LogP contribution in [0.3, 0.4) is 0 Å². The molecule has 1 heterocycles. The van der Waals surface area contributed by atoms with E-state index in [1.165, 1.54) is 21.9 Å². The zero-order valence-corrected chi connectivity index (χ0v) is 16.8. The van der Waals surface area contributed by atoms with Crippen molar-refractivity contribution in [3.63, 3.8) is 0 Å². The minimum absolute atomic E-state index is 0.0506. The summed E-state index contributed by atoms with van der Waals surface area (Å²) in [4.78, 5) is 15.2. The molecule has 0 saturated carbocycles. The highest BCUT2D eigenvalue weighted by molar-refractivity contribution is 5.93. The molecular weight excluding hydrogens is 371 g/mol. The number of halogens is 1. The van der Waals surface area contributed by atoms with Crippen molar-refractivity contribution in [2.75, 3.05) is 38.6 Å². The van der Waals surface area contributed by atoms with Crippen molar-refractivity contribution in [1.82, 2.24) is 0 Å².